The van der Waals surface area contributed by atoms with E-state index in [1.807, 2.05) is 0 Å². The van der Waals surface area contributed by atoms with Gasteiger partial charge in [0.1, 0.15) is 5.69 Å². The maximum absolute atomic E-state index is 11.4. The number of anilines is 2. The molecule has 2 aromatic carbocycles. The summed E-state index contributed by atoms with van der Waals surface area (Å²) < 4.78 is 11.4. The van der Waals surface area contributed by atoms with Crippen molar-refractivity contribution in [1.29, 1.82) is 0 Å². The number of rotatable bonds is 8. The van der Waals surface area contributed by atoms with Crippen LogP contribution in [-0.2, 0) is 11.2 Å². The molecule has 0 saturated heterocycles. The molecule has 2 aliphatic rings. The van der Waals surface area contributed by atoms with Crippen LogP contribution in [0.5, 0.6) is 0 Å². The highest BCUT2D eigenvalue weighted by molar-refractivity contribution is 7.91. The van der Waals surface area contributed by atoms with Gasteiger partial charge < -0.3 is 4.90 Å². The van der Waals surface area contributed by atoms with Gasteiger partial charge >= 0.3 is 0 Å². The van der Waals surface area contributed by atoms with E-state index in [9.17, 15) is 4.55 Å². The van der Waals surface area contributed by atoms with Crippen molar-refractivity contribution >= 4 is 22.6 Å². The monoisotopic (exact) mass is 410 g/mol. The lowest BCUT2D eigenvalue weighted by molar-refractivity contribution is 0.270. The molecule has 1 fully saturated rings. The van der Waals surface area contributed by atoms with E-state index >= 15 is 0 Å². The van der Waals surface area contributed by atoms with Crippen LogP contribution in [0.25, 0.3) is 0 Å². The average molecular weight is 411 g/mol. The first kappa shape index (κ1) is 20.8. The Kier molecular flexibility index (Phi) is 6.56. The van der Waals surface area contributed by atoms with Crippen LogP contribution >= 0.6 is 0 Å². The summed E-state index contributed by atoms with van der Waals surface area (Å²) in [4.78, 5) is 3.68. The number of hydrogen-bond acceptors (Lipinski definition) is 2. The molecule has 0 spiro atoms. The molecular weight excluding hydrogens is 374 g/mol. The second-order valence-corrected chi connectivity index (χ2v) is 10.6. The van der Waals surface area contributed by atoms with Gasteiger partial charge in [0.05, 0.1) is 0 Å². The van der Waals surface area contributed by atoms with Crippen molar-refractivity contribution in [2.45, 2.75) is 76.0 Å². The summed E-state index contributed by atoms with van der Waals surface area (Å²) in [5, 5.41) is 0. The number of fused-ring (bicyclic) bond motifs is 1. The quantitative estimate of drug-likeness (QED) is 0.455. The van der Waals surface area contributed by atoms with Gasteiger partial charge in [0.25, 0.3) is 0 Å². The van der Waals surface area contributed by atoms with Crippen LogP contribution in [0.4, 0.5) is 11.4 Å². The lowest BCUT2D eigenvalue weighted by Crippen LogP contribution is -2.38. The SMILES string of the molecule is CCCCC1(CCCC)CN(c2ccccc2)c2cc(C3CC3)ccc2[S+](O)C1. The molecule has 0 aromatic heterocycles. The van der Waals surface area contributed by atoms with Gasteiger partial charge in [-0.25, -0.2) is 0 Å². The number of unbranched alkanes of at least 4 members (excludes halogenated alkanes) is 2. The maximum atomic E-state index is 11.4. The molecule has 1 saturated carbocycles. The molecule has 0 bridgehead atoms. The third kappa shape index (κ3) is 4.67. The first-order valence-corrected chi connectivity index (χ1v) is 12.9. The molecule has 1 atom stereocenters. The lowest BCUT2D eigenvalue weighted by Gasteiger charge is -2.35. The highest BCUT2D eigenvalue weighted by Gasteiger charge is 2.45. The molecule has 2 nitrogen and oxygen atoms in total. The normalized spacial score (nSPS) is 20.9. The Morgan fingerprint density at radius 1 is 1.00 bits per heavy atom. The van der Waals surface area contributed by atoms with Gasteiger partial charge in [0.15, 0.2) is 16.9 Å². The second kappa shape index (κ2) is 9.14. The van der Waals surface area contributed by atoms with E-state index in [0.717, 1.165) is 23.1 Å². The fourth-order valence-electron chi connectivity index (χ4n) is 4.82. The first-order valence-electron chi connectivity index (χ1n) is 11.5. The van der Waals surface area contributed by atoms with Gasteiger partial charge in [-0.1, -0.05) is 63.8 Å². The van der Waals surface area contributed by atoms with Crippen LogP contribution < -0.4 is 4.90 Å². The first-order chi connectivity index (χ1) is 14.2. The smallest absolute Gasteiger partial charge is 0.213 e. The van der Waals surface area contributed by atoms with Gasteiger partial charge in [-0.3, -0.25) is 0 Å². The molecule has 29 heavy (non-hydrogen) atoms. The predicted octanol–water partition coefficient (Wildman–Crippen LogP) is 7.53. The zero-order valence-electron chi connectivity index (χ0n) is 18.1. The Morgan fingerprint density at radius 2 is 1.69 bits per heavy atom. The van der Waals surface area contributed by atoms with Crippen molar-refractivity contribution < 1.29 is 4.55 Å². The topological polar surface area (TPSA) is 23.5 Å². The fraction of sp³-hybridized carbons (Fsp3) is 0.538. The summed E-state index contributed by atoms with van der Waals surface area (Å²) in [5.41, 5.74) is 4.15. The zero-order chi connectivity index (χ0) is 20.3. The largest absolute Gasteiger partial charge is 0.337 e. The van der Waals surface area contributed by atoms with Crippen molar-refractivity contribution in [3.05, 3.63) is 54.1 Å². The van der Waals surface area contributed by atoms with E-state index in [4.69, 9.17) is 0 Å². The van der Waals surface area contributed by atoms with Crippen molar-refractivity contribution in [3.8, 4) is 0 Å². The summed E-state index contributed by atoms with van der Waals surface area (Å²) >= 11 is -0.696. The number of para-hydroxylation sites is 1. The molecule has 1 aliphatic carbocycles. The lowest BCUT2D eigenvalue weighted by atomic mass is 9.79. The minimum atomic E-state index is -0.696. The zero-order valence-corrected chi connectivity index (χ0v) is 18.9. The summed E-state index contributed by atoms with van der Waals surface area (Å²) in [5.74, 6) is 1.64. The van der Waals surface area contributed by atoms with Gasteiger partial charge in [-0.05, 0) is 61.4 Å². The van der Waals surface area contributed by atoms with Crippen LogP contribution in [0.15, 0.2) is 53.4 Å². The minimum Gasteiger partial charge on any atom is -0.337 e. The number of hydrogen-bond donors (Lipinski definition) is 1. The standard InChI is InChI=1S/C26H36NOS/c1-3-5-16-26(17-6-4-2)19-27(23-10-8-7-9-11-23)24-18-22(21-12-13-21)14-15-25(24)29(28)20-26/h7-11,14-15,18,21,28H,3-6,12-13,16-17,19-20H2,1-2H3/q+1. The van der Waals surface area contributed by atoms with E-state index in [1.165, 1.54) is 68.3 Å². The molecule has 1 N–H and O–H groups in total. The maximum Gasteiger partial charge on any atom is 0.213 e. The van der Waals surface area contributed by atoms with E-state index in [1.54, 1.807) is 0 Å². The fourth-order valence-corrected chi connectivity index (χ4v) is 6.57. The van der Waals surface area contributed by atoms with E-state index in [0.29, 0.717) is 0 Å². The van der Waals surface area contributed by atoms with Gasteiger partial charge in [0.2, 0.25) is 4.90 Å². The number of benzene rings is 2. The minimum absolute atomic E-state index is 0.179. The van der Waals surface area contributed by atoms with Crippen molar-refractivity contribution in [1.82, 2.24) is 0 Å². The molecule has 3 heteroatoms. The molecular formula is C26H36NOS+. The molecule has 1 heterocycles. The summed E-state index contributed by atoms with van der Waals surface area (Å²) in [7, 11) is 0. The van der Waals surface area contributed by atoms with Gasteiger partial charge in [-0.15, -0.1) is 0 Å². The van der Waals surface area contributed by atoms with Crippen LogP contribution in [0.1, 0.15) is 76.7 Å². The molecule has 0 radical (unpaired) electrons. The second-order valence-electron chi connectivity index (χ2n) is 9.14. The van der Waals surface area contributed by atoms with E-state index in [2.05, 4.69) is 67.3 Å². The predicted molar refractivity (Wildman–Crippen MR) is 126 cm³/mol. The van der Waals surface area contributed by atoms with Crippen LogP contribution in [-0.4, -0.2) is 16.9 Å². The molecule has 4 rings (SSSR count). The van der Waals surface area contributed by atoms with Crippen LogP contribution in [0.2, 0.25) is 0 Å². The van der Waals surface area contributed by atoms with Gasteiger partial charge in [0, 0.05) is 17.6 Å². The highest BCUT2D eigenvalue weighted by atomic mass is 32.2. The highest BCUT2D eigenvalue weighted by Crippen LogP contribution is 2.47. The summed E-state index contributed by atoms with van der Waals surface area (Å²) in [6.45, 7) is 5.59. The van der Waals surface area contributed by atoms with E-state index < -0.39 is 11.2 Å². The Hall–Kier alpha value is -1.45. The van der Waals surface area contributed by atoms with Gasteiger partial charge in [-0.2, -0.15) is 4.55 Å². The van der Waals surface area contributed by atoms with E-state index in [-0.39, 0.29) is 5.41 Å². The molecule has 1 aliphatic heterocycles. The Balaban J connectivity index is 1.79. The van der Waals surface area contributed by atoms with Crippen molar-refractivity contribution in [2.75, 3.05) is 17.2 Å². The Labute approximate surface area is 179 Å². The third-order valence-corrected chi connectivity index (χ3v) is 8.44. The summed E-state index contributed by atoms with van der Waals surface area (Å²) in [6, 6.07) is 17.8. The number of nitrogens with zero attached hydrogens (tertiary/aromatic N) is 1. The molecule has 2 aromatic rings. The molecule has 156 valence electrons. The average Bonchev–Trinajstić information content (AvgIpc) is 3.60. The van der Waals surface area contributed by atoms with Crippen LogP contribution in [0.3, 0.4) is 0 Å². The summed E-state index contributed by atoms with van der Waals surface area (Å²) in [6.07, 6.45) is 9.97. The third-order valence-electron chi connectivity index (χ3n) is 6.70. The Bertz CT molecular complexity index is 794. The van der Waals surface area contributed by atoms with Crippen molar-refractivity contribution in [2.24, 2.45) is 5.41 Å². The van der Waals surface area contributed by atoms with Crippen LogP contribution in [0, 0.1) is 5.41 Å². The Morgan fingerprint density at radius 3 is 2.31 bits per heavy atom. The van der Waals surface area contributed by atoms with Crippen molar-refractivity contribution in [3.63, 3.8) is 0 Å². The molecule has 0 amide bonds. The molecule has 1 unspecified atom stereocenters.